The van der Waals surface area contributed by atoms with E-state index in [0.29, 0.717) is 6.04 Å². The number of aryl methyl sites for hydroxylation is 2. The number of likely N-dealkylation sites (N-methyl/N-ethyl adjacent to an activating group) is 1. The van der Waals surface area contributed by atoms with E-state index in [-0.39, 0.29) is 0 Å². The van der Waals surface area contributed by atoms with Gasteiger partial charge in [-0.25, -0.2) is 0 Å². The Balaban J connectivity index is 0.00000100. The lowest BCUT2D eigenvalue weighted by Crippen LogP contribution is -2.46. The minimum absolute atomic E-state index is 0.370. The Morgan fingerprint density at radius 1 is 0.667 bits per heavy atom. The number of benzene rings is 2. The average molecular weight is 325 g/mol. The monoisotopic (exact) mass is 324 g/mol. The zero-order chi connectivity index (χ0) is 17.5. The SMILES string of the molecule is CC.Cc1ccc(C(c2ccc(C)cc2)N2CCN(C)CC2)cc1. The maximum atomic E-state index is 2.62. The van der Waals surface area contributed by atoms with Gasteiger partial charge < -0.3 is 4.90 Å². The van der Waals surface area contributed by atoms with Gasteiger partial charge >= 0.3 is 0 Å². The molecule has 1 aliphatic heterocycles. The molecular formula is C22H32N2. The fraction of sp³-hybridized carbons (Fsp3) is 0.455. The largest absolute Gasteiger partial charge is 0.304 e. The Morgan fingerprint density at radius 2 is 1.04 bits per heavy atom. The van der Waals surface area contributed by atoms with Crippen molar-refractivity contribution in [1.29, 1.82) is 0 Å². The van der Waals surface area contributed by atoms with Gasteiger partial charge in [-0.2, -0.15) is 0 Å². The van der Waals surface area contributed by atoms with Crippen molar-refractivity contribution in [2.75, 3.05) is 33.2 Å². The molecule has 2 heteroatoms. The quantitative estimate of drug-likeness (QED) is 0.810. The molecule has 130 valence electrons. The van der Waals surface area contributed by atoms with Crippen LogP contribution in [0.25, 0.3) is 0 Å². The fourth-order valence-corrected chi connectivity index (χ4v) is 3.19. The maximum absolute atomic E-state index is 2.62. The topological polar surface area (TPSA) is 6.48 Å². The fourth-order valence-electron chi connectivity index (χ4n) is 3.19. The minimum atomic E-state index is 0.370. The summed E-state index contributed by atoms with van der Waals surface area (Å²) in [7, 11) is 2.21. The molecule has 1 saturated heterocycles. The van der Waals surface area contributed by atoms with Crippen molar-refractivity contribution < 1.29 is 0 Å². The summed E-state index contributed by atoms with van der Waals surface area (Å²) in [6, 6.07) is 18.4. The standard InChI is InChI=1S/C20H26N2.C2H6/c1-16-4-8-18(9-5-16)20(19-10-6-17(2)7-11-19)22-14-12-21(3)13-15-22;1-2/h4-11,20H,12-15H2,1-3H3;1-2H3. The first-order valence-corrected chi connectivity index (χ1v) is 9.19. The van der Waals surface area contributed by atoms with E-state index in [9.17, 15) is 0 Å². The first-order chi connectivity index (χ1) is 11.6. The lowest BCUT2D eigenvalue weighted by atomic mass is 9.95. The number of rotatable bonds is 3. The molecule has 1 heterocycles. The normalized spacial score (nSPS) is 15.9. The molecule has 2 aromatic rings. The molecule has 24 heavy (non-hydrogen) atoms. The van der Waals surface area contributed by atoms with Crippen molar-refractivity contribution in [1.82, 2.24) is 9.80 Å². The smallest absolute Gasteiger partial charge is 0.0602 e. The summed E-state index contributed by atoms with van der Waals surface area (Å²) >= 11 is 0. The van der Waals surface area contributed by atoms with E-state index >= 15 is 0 Å². The molecule has 0 atom stereocenters. The van der Waals surface area contributed by atoms with Crippen LogP contribution in [0.2, 0.25) is 0 Å². The highest BCUT2D eigenvalue weighted by Gasteiger charge is 2.25. The van der Waals surface area contributed by atoms with Gasteiger partial charge in [0.15, 0.2) is 0 Å². The van der Waals surface area contributed by atoms with E-state index in [2.05, 4.69) is 79.2 Å². The lowest BCUT2D eigenvalue weighted by molar-refractivity contribution is 0.127. The Kier molecular flexibility index (Phi) is 7.01. The van der Waals surface area contributed by atoms with Crippen molar-refractivity contribution in [3.8, 4) is 0 Å². The van der Waals surface area contributed by atoms with Crippen molar-refractivity contribution in [3.05, 3.63) is 70.8 Å². The zero-order valence-corrected chi connectivity index (χ0v) is 15.9. The van der Waals surface area contributed by atoms with Crippen molar-refractivity contribution >= 4 is 0 Å². The third-order valence-electron chi connectivity index (χ3n) is 4.69. The van der Waals surface area contributed by atoms with Gasteiger partial charge in [-0.05, 0) is 32.0 Å². The van der Waals surface area contributed by atoms with Gasteiger partial charge in [0.25, 0.3) is 0 Å². The van der Waals surface area contributed by atoms with Crippen LogP contribution in [-0.2, 0) is 0 Å². The van der Waals surface area contributed by atoms with E-state index in [0.717, 1.165) is 26.2 Å². The maximum Gasteiger partial charge on any atom is 0.0602 e. The lowest BCUT2D eigenvalue weighted by Gasteiger charge is -2.38. The van der Waals surface area contributed by atoms with Crippen molar-refractivity contribution in [3.63, 3.8) is 0 Å². The van der Waals surface area contributed by atoms with Gasteiger partial charge in [0.2, 0.25) is 0 Å². The van der Waals surface area contributed by atoms with E-state index in [1.54, 1.807) is 0 Å². The summed E-state index contributed by atoms with van der Waals surface area (Å²) in [5.41, 5.74) is 5.45. The van der Waals surface area contributed by atoms with Crippen molar-refractivity contribution in [2.24, 2.45) is 0 Å². The summed E-state index contributed by atoms with van der Waals surface area (Å²) in [5, 5.41) is 0. The highest BCUT2D eigenvalue weighted by atomic mass is 15.3. The summed E-state index contributed by atoms with van der Waals surface area (Å²) in [6.07, 6.45) is 0. The van der Waals surface area contributed by atoms with E-state index < -0.39 is 0 Å². The second kappa shape index (κ2) is 9.00. The Morgan fingerprint density at radius 3 is 1.42 bits per heavy atom. The second-order valence-corrected chi connectivity index (χ2v) is 6.56. The van der Waals surface area contributed by atoms with E-state index in [4.69, 9.17) is 0 Å². The molecule has 0 N–H and O–H groups in total. The summed E-state index contributed by atoms with van der Waals surface area (Å²) in [6.45, 7) is 12.9. The molecule has 1 aliphatic rings. The molecule has 2 nitrogen and oxygen atoms in total. The third-order valence-corrected chi connectivity index (χ3v) is 4.69. The molecule has 0 amide bonds. The summed E-state index contributed by atoms with van der Waals surface area (Å²) in [5.74, 6) is 0. The van der Waals surface area contributed by atoms with Crippen LogP contribution < -0.4 is 0 Å². The van der Waals surface area contributed by atoms with Gasteiger partial charge in [-0.1, -0.05) is 73.5 Å². The Bertz CT molecular complexity index is 547. The predicted molar refractivity (Wildman–Crippen MR) is 105 cm³/mol. The average Bonchev–Trinajstić information content (AvgIpc) is 2.62. The van der Waals surface area contributed by atoms with Gasteiger partial charge in [0, 0.05) is 26.2 Å². The number of piperazine rings is 1. The molecule has 0 aromatic heterocycles. The van der Waals surface area contributed by atoms with E-state index in [1.807, 2.05) is 13.8 Å². The van der Waals surface area contributed by atoms with E-state index in [1.165, 1.54) is 22.3 Å². The third kappa shape index (κ3) is 4.68. The molecule has 0 aliphatic carbocycles. The predicted octanol–water partition coefficient (Wildman–Crippen LogP) is 4.67. The first-order valence-electron chi connectivity index (χ1n) is 9.19. The number of nitrogens with zero attached hydrogens (tertiary/aromatic N) is 2. The number of hydrogen-bond donors (Lipinski definition) is 0. The molecule has 0 unspecified atom stereocenters. The van der Waals surface area contributed by atoms with Crippen LogP contribution in [0.1, 0.15) is 42.1 Å². The van der Waals surface area contributed by atoms with Gasteiger partial charge in [0.05, 0.1) is 6.04 Å². The number of hydrogen-bond acceptors (Lipinski definition) is 2. The zero-order valence-electron chi connectivity index (χ0n) is 15.9. The molecule has 0 saturated carbocycles. The minimum Gasteiger partial charge on any atom is -0.304 e. The van der Waals surface area contributed by atoms with Gasteiger partial charge in [-0.3, -0.25) is 4.90 Å². The molecule has 0 radical (unpaired) electrons. The summed E-state index contributed by atoms with van der Waals surface area (Å²) < 4.78 is 0. The van der Waals surface area contributed by atoms with Crippen LogP contribution >= 0.6 is 0 Å². The second-order valence-electron chi connectivity index (χ2n) is 6.56. The van der Waals surface area contributed by atoms with Crippen LogP contribution in [0.5, 0.6) is 0 Å². The first kappa shape index (κ1) is 18.7. The Hall–Kier alpha value is -1.64. The van der Waals surface area contributed by atoms with Crippen LogP contribution in [-0.4, -0.2) is 43.0 Å². The molecule has 2 aromatic carbocycles. The van der Waals surface area contributed by atoms with Gasteiger partial charge in [-0.15, -0.1) is 0 Å². The molecule has 3 rings (SSSR count). The highest BCUT2D eigenvalue weighted by Crippen LogP contribution is 2.30. The highest BCUT2D eigenvalue weighted by molar-refractivity contribution is 5.35. The van der Waals surface area contributed by atoms with Gasteiger partial charge in [0.1, 0.15) is 0 Å². The molecule has 1 fully saturated rings. The molecule has 0 bridgehead atoms. The molecule has 0 spiro atoms. The van der Waals surface area contributed by atoms with Crippen LogP contribution in [0.4, 0.5) is 0 Å². The van der Waals surface area contributed by atoms with Crippen LogP contribution in [0.15, 0.2) is 48.5 Å². The van der Waals surface area contributed by atoms with Crippen molar-refractivity contribution in [2.45, 2.75) is 33.7 Å². The molecular weight excluding hydrogens is 292 g/mol. The van der Waals surface area contributed by atoms with Crippen LogP contribution in [0.3, 0.4) is 0 Å². The van der Waals surface area contributed by atoms with Crippen LogP contribution in [0, 0.1) is 13.8 Å². The summed E-state index contributed by atoms with van der Waals surface area (Å²) in [4.78, 5) is 5.03. The Labute approximate surface area is 148 Å².